The van der Waals surface area contributed by atoms with Gasteiger partial charge >= 0.3 is 5.97 Å². The van der Waals surface area contributed by atoms with Crippen molar-refractivity contribution in [2.24, 2.45) is 5.73 Å². The van der Waals surface area contributed by atoms with Crippen LogP contribution in [0.4, 0.5) is 0 Å². The molecule has 1 aromatic carbocycles. The second kappa shape index (κ2) is 6.03. The molecule has 3 nitrogen and oxygen atoms in total. The Kier molecular flexibility index (Phi) is 4.97. The Hall–Kier alpha value is -1.06. The van der Waals surface area contributed by atoms with Crippen molar-refractivity contribution in [3.05, 3.63) is 34.9 Å². The van der Waals surface area contributed by atoms with Crippen LogP contribution in [0.2, 0.25) is 5.02 Å². The first-order valence-electron chi connectivity index (χ1n) is 5.56. The van der Waals surface area contributed by atoms with Gasteiger partial charge in [0.15, 0.2) is 0 Å². The predicted octanol–water partition coefficient (Wildman–Crippen LogP) is 2.90. The fraction of sp³-hybridized carbons (Fsp3) is 0.462. The molecule has 4 heteroatoms. The standard InChI is InChI=1S/C13H18ClNO2/c1-13(2,15)8-7-12(16)17-9-10-3-5-11(14)6-4-10/h3-6H,7-9,15H2,1-2H3. The summed E-state index contributed by atoms with van der Waals surface area (Å²) in [6.07, 6.45) is 0.962. The molecular formula is C13H18ClNO2. The lowest BCUT2D eigenvalue weighted by Crippen LogP contribution is -2.32. The molecule has 17 heavy (non-hydrogen) atoms. The molecule has 0 aromatic heterocycles. The van der Waals surface area contributed by atoms with Crippen molar-refractivity contribution in [2.45, 2.75) is 38.8 Å². The molecule has 0 spiro atoms. The van der Waals surface area contributed by atoms with E-state index in [0.29, 0.717) is 17.9 Å². The molecule has 0 aliphatic rings. The van der Waals surface area contributed by atoms with Crippen LogP contribution in [-0.4, -0.2) is 11.5 Å². The Morgan fingerprint density at radius 2 is 1.94 bits per heavy atom. The molecule has 0 saturated heterocycles. The maximum Gasteiger partial charge on any atom is 0.306 e. The fourth-order valence-corrected chi connectivity index (χ4v) is 1.37. The molecule has 94 valence electrons. The molecule has 0 heterocycles. The number of halogens is 1. The van der Waals surface area contributed by atoms with E-state index < -0.39 is 0 Å². The van der Waals surface area contributed by atoms with Crippen LogP contribution in [-0.2, 0) is 16.1 Å². The first-order valence-corrected chi connectivity index (χ1v) is 5.93. The van der Waals surface area contributed by atoms with E-state index in [1.165, 1.54) is 0 Å². The highest BCUT2D eigenvalue weighted by Crippen LogP contribution is 2.12. The van der Waals surface area contributed by atoms with Gasteiger partial charge in [-0.15, -0.1) is 0 Å². The summed E-state index contributed by atoms with van der Waals surface area (Å²) in [5.41, 5.74) is 6.38. The van der Waals surface area contributed by atoms with Gasteiger partial charge in [-0.3, -0.25) is 4.79 Å². The molecule has 0 atom stereocenters. The summed E-state index contributed by atoms with van der Waals surface area (Å²) in [5.74, 6) is -0.224. The Labute approximate surface area is 107 Å². The molecule has 1 rings (SSSR count). The first kappa shape index (κ1) is 14.0. The normalized spacial score (nSPS) is 11.3. The lowest BCUT2D eigenvalue weighted by atomic mass is 10.0. The summed E-state index contributed by atoms with van der Waals surface area (Å²) in [5, 5.41) is 0.671. The molecule has 0 aliphatic heterocycles. The number of carbonyl (C=O) groups excluding carboxylic acids is 1. The van der Waals surface area contributed by atoms with Crippen LogP contribution in [0.1, 0.15) is 32.3 Å². The van der Waals surface area contributed by atoms with E-state index in [0.717, 1.165) is 5.56 Å². The number of benzene rings is 1. The summed E-state index contributed by atoms with van der Waals surface area (Å²) in [7, 11) is 0. The second-order valence-electron chi connectivity index (χ2n) is 4.78. The number of hydrogen-bond acceptors (Lipinski definition) is 3. The number of nitrogens with two attached hydrogens (primary N) is 1. The van der Waals surface area contributed by atoms with Gasteiger partial charge in [0.25, 0.3) is 0 Å². The Morgan fingerprint density at radius 3 is 2.47 bits per heavy atom. The van der Waals surface area contributed by atoms with Crippen molar-refractivity contribution < 1.29 is 9.53 Å². The van der Waals surface area contributed by atoms with E-state index in [1.54, 1.807) is 12.1 Å². The summed E-state index contributed by atoms with van der Waals surface area (Å²) in [6, 6.07) is 7.21. The maximum absolute atomic E-state index is 11.4. The third kappa shape index (κ3) is 6.29. The topological polar surface area (TPSA) is 52.3 Å². The number of rotatable bonds is 5. The number of hydrogen-bond donors (Lipinski definition) is 1. The third-order valence-electron chi connectivity index (χ3n) is 2.29. The number of carbonyl (C=O) groups is 1. The first-order chi connectivity index (χ1) is 7.87. The van der Waals surface area contributed by atoms with Gasteiger partial charge in [0.2, 0.25) is 0 Å². The number of ether oxygens (including phenoxy) is 1. The summed E-state index contributed by atoms with van der Waals surface area (Å²) < 4.78 is 5.13. The monoisotopic (exact) mass is 255 g/mol. The van der Waals surface area contributed by atoms with Crippen molar-refractivity contribution in [3.8, 4) is 0 Å². The van der Waals surface area contributed by atoms with Crippen molar-refractivity contribution >= 4 is 17.6 Å². The van der Waals surface area contributed by atoms with Gasteiger partial charge in [-0.25, -0.2) is 0 Å². The SMILES string of the molecule is CC(C)(N)CCC(=O)OCc1ccc(Cl)cc1. The lowest BCUT2D eigenvalue weighted by molar-refractivity contribution is -0.145. The molecule has 0 radical (unpaired) electrons. The highest BCUT2D eigenvalue weighted by Gasteiger charge is 2.13. The average Bonchev–Trinajstić information content (AvgIpc) is 2.25. The van der Waals surface area contributed by atoms with Gasteiger partial charge in [-0.2, -0.15) is 0 Å². The molecule has 0 bridgehead atoms. The molecule has 0 saturated carbocycles. The van der Waals surface area contributed by atoms with E-state index in [1.807, 2.05) is 26.0 Å². The van der Waals surface area contributed by atoms with Crippen LogP contribution in [0.15, 0.2) is 24.3 Å². The minimum atomic E-state index is -0.334. The molecular weight excluding hydrogens is 238 g/mol. The minimum Gasteiger partial charge on any atom is -0.461 e. The van der Waals surface area contributed by atoms with Crippen molar-refractivity contribution in [3.63, 3.8) is 0 Å². The smallest absolute Gasteiger partial charge is 0.306 e. The largest absolute Gasteiger partial charge is 0.461 e. The molecule has 2 N–H and O–H groups in total. The average molecular weight is 256 g/mol. The van der Waals surface area contributed by atoms with Crippen LogP contribution in [0.25, 0.3) is 0 Å². The van der Waals surface area contributed by atoms with E-state index >= 15 is 0 Å². The van der Waals surface area contributed by atoms with Crippen LogP contribution in [0.3, 0.4) is 0 Å². The quantitative estimate of drug-likeness (QED) is 0.823. The highest BCUT2D eigenvalue weighted by molar-refractivity contribution is 6.30. The van der Waals surface area contributed by atoms with Gasteiger partial charge in [-0.05, 0) is 38.0 Å². The Balaban J connectivity index is 2.31. The zero-order valence-corrected chi connectivity index (χ0v) is 11.0. The van der Waals surface area contributed by atoms with E-state index in [-0.39, 0.29) is 18.1 Å². The lowest BCUT2D eigenvalue weighted by Gasteiger charge is -2.17. The third-order valence-corrected chi connectivity index (χ3v) is 2.54. The van der Waals surface area contributed by atoms with Crippen LogP contribution >= 0.6 is 11.6 Å². The maximum atomic E-state index is 11.4. The van der Waals surface area contributed by atoms with E-state index in [4.69, 9.17) is 22.1 Å². The molecule has 1 aromatic rings. The Bertz CT molecular complexity index is 368. The van der Waals surface area contributed by atoms with E-state index in [2.05, 4.69) is 0 Å². The van der Waals surface area contributed by atoms with Gasteiger partial charge in [-0.1, -0.05) is 23.7 Å². The van der Waals surface area contributed by atoms with Crippen molar-refractivity contribution in [1.82, 2.24) is 0 Å². The van der Waals surface area contributed by atoms with Gasteiger partial charge in [0.05, 0.1) is 0 Å². The molecule has 0 unspecified atom stereocenters. The van der Waals surface area contributed by atoms with Gasteiger partial charge < -0.3 is 10.5 Å². The zero-order valence-electron chi connectivity index (χ0n) is 10.2. The summed E-state index contributed by atoms with van der Waals surface area (Å²) in [6.45, 7) is 4.06. The van der Waals surface area contributed by atoms with Crippen LogP contribution in [0, 0.1) is 0 Å². The molecule has 0 fully saturated rings. The second-order valence-corrected chi connectivity index (χ2v) is 5.21. The zero-order chi connectivity index (χ0) is 12.9. The molecule has 0 aliphatic carbocycles. The van der Waals surface area contributed by atoms with Crippen LogP contribution < -0.4 is 5.73 Å². The molecule has 0 amide bonds. The van der Waals surface area contributed by atoms with Crippen LogP contribution in [0.5, 0.6) is 0 Å². The van der Waals surface area contributed by atoms with Gasteiger partial charge in [0.1, 0.15) is 6.61 Å². The summed E-state index contributed by atoms with van der Waals surface area (Å²) in [4.78, 5) is 11.4. The van der Waals surface area contributed by atoms with E-state index in [9.17, 15) is 4.79 Å². The predicted molar refractivity (Wildman–Crippen MR) is 68.7 cm³/mol. The van der Waals surface area contributed by atoms with Crippen molar-refractivity contribution in [2.75, 3.05) is 0 Å². The van der Waals surface area contributed by atoms with Crippen molar-refractivity contribution in [1.29, 1.82) is 0 Å². The van der Waals surface area contributed by atoms with Gasteiger partial charge in [0, 0.05) is 17.0 Å². The Morgan fingerprint density at radius 1 is 1.35 bits per heavy atom. The summed E-state index contributed by atoms with van der Waals surface area (Å²) >= 11 is 5.75. The fourth-order valence-electron chi connectivity index (χ4n) is 1.24. The minimum absolute atomic E-state index is 0.224. The highest BCUT2D eigenvalue weighted by atomic mass is 35.5. The number of esters is 1.